The number of halogens is 4. The number of aliphatic hydroxyl groups is 1. The van der Waals surface area contributed by atoms with Crippen LogP contribution in [0.25, 0.3) is 11.6 Å². The topological polar surface area (TPSA) is 38.7 Å². The molecule has 0 aromatic heterocycles. The van der Waals surface area contributed by atoms with Crippen LogP contribution in [0.15, 0.2) is 42.5 Å². The molecule has 2 aromatic carbocycles. The van der Waals surface area contributed by atoms with E-state index in [-0.39, 0.29) is 21.9 Å². The Bertz CT molecular complexity index is 800. The fourth-order valence-electron chi connectivity index (χ4n) is 2.46. The molecule has 2 aromatic rings. The largest absolute Gasteiger partial charge is 0.497 e. The van der Waals surface area contributed by atoms with Crippen LogP contribution in [0.4, 0.5) is 13.2 Å². The summed E-state index contributed by atoms with van der Waals surface area (Å²) in [6.45, 7) is 0. The first kappa shape index (κ1) is 16.7. The number of alkyl halides is 3. The molecule has 0 aliphatic carbocycles. The number of fused-ring (bicyclic) bond motifs is 1. The number of rotatable bonds is 2. The Morgan fingerprint density at radius 2 is 1.79 bits per heavy atom. The van der Waals surface area contributed by atoms with Gasteiger partial charge in [-0.05, 0) is 35.9 Å². The number of hydrogen-bond acceptors (Lipinski definition) is 3. The van der Waals surface area contributed by atoms with Gasteiger partial charge >= 0.3 is 12.0 Å². The van der Waals surface area contributed by atoms with Crippen LogP contribution in [0.1, 0.15) is 11.1 Å². The van der Waals surface area contributed by atoms with Crippen molar-refractivity contribution in [1.82, 2.24) is 0 Å². The summed E-state index contributed by atoms with van der Waals surface area (Å²) in [5.74, 6) is -3.14. The third-order valence-corrected chi connectivity index (χ3v) is 4.04. The first-order chi connectivity index (χ1) is 11.3. The molecule has 0 amide bonds. The lowest BCUT2D eigenvalue weighted by Crippen LogP contribution is -2.52. The summed E-state index contributed by atoms with van der Waals surface area (Å²) >= 11 is 6.04. The predicted molar refractivity (Wildman–Crippen MR) is 83.9 cm³/mol. The molecule has 1 aliphatic heterocycles. The van der Waals surface area contributed by atoms with Gasteiger partial charge in [0.2, 0.25) is 0 Å². The molecule has 0 fully saturated rings. The van der Waals surface area contributed by atoms with E-state index >= 15 is 0 Å². The molecule has 1 unspecified atom stereocenters. The molecule has 7 heteroatoms. The van der Waals surface area contributed by atoms with E-state index in [1.807, 2.05) is 0 Å². The van der Waals surface area contributed by atoms with Crippen LogP contribution in [0.5, 0.6) is 11.5 Å². The standard InChI is InChI=1S/C17H12ClF3O3/c1-23-11-7-5-10(6-8-11)13-9-12-14(18)3-2-4-15(12)24-16(13,22)17(19,20)21/h2-9,22H,1H3. The van der Waals surface area contributed by atoms with Crippen LogP contribution >= 0.6 is 11.6 Å². The fourth-order valence-corrected chi connectivity index (χ4v) is 2.68. The molecule has 126 valence electrons. The van der Waals surface area contributed by atoms with Gasteiger partial charge in [0.1, 0.15) is 11.5 Å². The fraction of sp³-hybridized carbons (Fsp3) is 0.176. The van der Waals surface area contributed by atoms with Crippen LogP contribution in [-0.4, -0.2) is 24.2 Å². The molecule has 1 heterocycles. The van der Waals surface area contributed by atoms with Gasteiger partial charge in [0, 0.05) is 11.1 Å². The molecule has 24 heavy (non-hydrogen) atoms. The minimum absolute atomic E-state index is 0.139. The van der Waals surface area contributed by atoms with Crippen LogP contribution < -0.4 is 9.47 Å². The van der Waals surface area contributed by atoms with Gasteiger partial charge in [-0.1, -0.05) is 29.8 Å². The first-order valence-corrected chi connectivity index (χ1v) is 7.27. The highest BCUT2D eigenvalue weighted by molar-refractivity contribution is 6.32. The SMILES string of the molecule is COc1ccc(C2=Cc3c(Cl)cccc3OC2(O)C(F)(F)F)cc1. The number of benzene rings is 2. The average molecular weight is 357 g/mol. The van der Waals surface area contributed by atoms with E-state index in [2.05, 4.69) is 0 Å². The van der Waals surface area contributed by atoms with E-state index < -0.39 is 17.5 Å². The number of ether oxygens (including phenoxy) is 2. The molecule has 1 atom stereocenters. The lowest BCUT2D eigenvalue weighted by Gasteiger charge is -2.36. The Balaban J connectivity index is 2.21. The highest BCUT2D eigenvalue weighted by Crippen LogP contribution is 2.48. The van der Waals surface area contributed by atoms with E-state index in [1.54, 1.807) is 0 Å². The minimum atomic E-state index is -5.04. The Labute approximate surface area is 140 Å². The Kier molecular flexibility index (Phi) is 3.97. The van der Waals surface area contributed by atoms with E-state index in [0.29, 0.717) is 5.75 Å². The smallest absolute Gasteiger partial charge is 0.460 e. The van der Waals surface area contributed by atoms with E-state index in [1.165, 1.54) is 55.7 Å². The Morgan fingerprint density at radius 3 is 2.38 bits per heavy atom. The second-order valence-corrected chi connectivity index (χ2v) is 5.59. The van der Waals surface area contributed by atoms with Crippen molar-refractivity contribution in [1.29, 1.82) is 0 Å². The third kappa shape index (κ3) is 2.61. The van der Waals surface area contributed by atoms with Crippen molar-refractivity contribution in [2.45, 2.75) is 12.0 Å². The first-order valence-electron chi connectivity index (χ1n) is 6.89. The highest BCUT2D eigenvalue weighted by Gasteiger charge is 2.61. The summed E-state index contributed by atoms with van der Waals surface area (Å²) in [5.41, 5.74) is -0.0293. The molecule has 1 N–H and O–H groups in total. The molecule has 1 aliphatic rings. The van der Waals surface area contributed by atoms with E-state index in [0.717, 1.165) is 0 Å². The summed E-state index contributed by atoms with van der Waals surface area (Å²) < 4.78 is 50.5. The van der Waals surface area contributed by atoms with Crippen molar-refractivity contribution < 1.29 is 27.8 Å². The van der Waals surface area contributed by atoms with Crippen molar-refractivity contribution in [3.8, 4) is 11.5 Å². The normalized spacial score (nSPS) is 20.0. The molecule has 0 bridgehead atoms. The van der Waals surface area contributed by atoms with Gasteiger partial charge in [-0.15, -0.1) is 0 Å². The van der Waals surface area contributed by atoms with Gasteiger partial charge in [0.25, 0.3) is 0 Å². The minimum Gasteiger partial charge on any atom is -0.497 e. The molecular formula is C17H12ClF3O3. The van der Waals surface area contributed by atoms with Crippen molar-refractivity contribution in [3.63, 3.8) is 0 Å². The van der Waals surface area contributed by atoms with Crippen LogP contribution in [0.3, 0.4) is 0 Å². The van der Waals surface area contributed by atoms with Crippen molar-refractivity contribution in [3.05, 3.63) is 58.6 Å². The van der Waals surface area contributed by atoms with Crippen molar-refractivity contribution >= 4 is 23.3 Å². The Morgan fingerprint density at radius 1 is 1.12 bits per heavy atom. The van der Waals surface area contributed by atoms with Gasteiger partial charge in [-0.25, -0.2) is 0 Å². The molecule has 0 saturated heterocycles. The van der Waals surface area contributed by atoms with Gasteiger partial charge in [-0.2, -0.15) is 13.2 Å². The summed E-state index contributed by atoms with van der Waals surface area (Å²) in [6.07, 6.45) is -3.85. The zero-order valence-electron chi connectivity index (χ0n) is 12.4. The lowest BCUT2D eigenvalue weighted by atomic mass is 9.92. The summed E-state index contributed by atoms with van der Waals surface area (Å²) in [4.78, 5) is 0. The number of methoxy groups -OCH3 is 1. The lowest BCUT2D eigenvalue weighted by molar-refractivity contribution is -0.305. The highest BCUT2D eigenvalue weighted by atomic mass is 35.5. The second kappa shape index (κ2) is 5.72. The number of hydrogen-bond donors (Lipinski definition) is 1. The van der Waals surface area contributed by atoms with Crippen LogP contribution in [-0.2, 0) is 0 Å². The summed E-state index contributed by atoms with van der Waals surface area (Å²) in [7, 11) is 1.44. The zero-order valence-corrected chi connectivity index (χ0v) is 13.2. The van der Waals surface area contributed by atoms with Crippen LogP contribution in [0, 0.1) is 0 Å². The third-order valence-electron chi connectivity index (χ3n) is 3.71. The average Bonchev–Trinajstić information content (AvgIpc) is 2.54. The molecule has 0 spiro atoms. The van der Waals surface area contributed by atoms with Gasteiger partial charge in [-0.3, -0.25) is 0 Å². The molecule has 0 saturated carbocycles. The second-order valence-electron chi connectivity index (χ2n) is 5.18. The van der Waals surface area contributed by atoms with Gasteiger partial charge < -0.3 is 14.6 Å². The maximum Gasteiger partial charge on any atom is 0.460 e. The Hall–Kier alpha value is -2.18. The summed E-state index contributed by atoms with van der Waals surface area (Å²) in [5, 5.41) is 10.5. The summed E-state index contributed by atoms with van der Waals surface area (Å²) in [6, 6.07) is 10.1. The molecule has 3 rings (SSSR count). The van der Waals surface area contributed by atoms with Gasteiger partial charge in [0.15, 0.2) is 0 Å². The van der Waals surface area contributed by atoms with Crippen molar-refractivity contribution in [2.24, 2.45) is 0 Å². The quantitative estimate of drug-likeness (QED) is 0.859. The van der Waals surface area contributed by atoms with E-state index in [4.69, 9.17) is 21.1 Å². The molecule has 3 nitrogen and oxygen atoms in total. The molecule has 0 radical (unpaired) electrons. The van der Waals surface area contributed by atoms with Crippen LogP contribution in [0.2, 0.25) is 5.02 Å². The maximum absolute atomic E-state index is 13.5. The monoisotopic (exact) mass is 356 g/mol. The van der Waals surface area contributed by atoms with E-state index in [9.17, 15) is 18.3 Å². The van der Waals surface area contributed by atoms with Crippen molar-refractivity contribution in [2.75, 3.05) is 7.11 Å². The predicted octanol–water partition coefficient (Wildman–Crippen LogP) is 4.53. The maximum atomic E-state index is 13.5. The zero-order chi connectivity index (χ0) is 17.5. The van der Waals surface area contributed by atoms with Gasteiger partial charge in [0.05, 0.1) is 12.1 Å². The molecular weight excluding hydrogens is 345 g/mol.